The van der Waals surface area contributed by atoms with Gasteiger partial charge in [-0.15, -0.1) is 0 Å². The second kappa shape index (κ2) is 7.24. The van der Waals surface area contributed by atoms with E-state index in [1.807, 2.05) is 30.3 Å². The number of aromatic nitrogens is 2. The molecule has 0 saturated carbocycles. The molecule has 3 aromatic rings. The van der Waals surface area contributed by atoms with Crippen LogP contribution in [-0.4, -0.2) is 23.6 Å². The molecular weight excluding hydrogens is 322 g/mol. The minimum atomic E-state index is 0.605. The van der Waals surface area contributed by atoms with Gasteiger partial charge in [-0.2, -0.15) is 0 Å². The molecule has 0 fully saturated rings. The van der Waals surface area contributed by atoms with Crippen molar-refractivity contribution in [3.63, 3.8) is 0 Å². The smallest absolute Gasteiger partial charge is 0.213 e. The molecule has 0 aliphatic heterocycles. The quantitative estimate of drug-likeness (QED) is 0.648. The first kappa shape index (κ1) is 16.8. The first-order valence-electron chi connectivity index (χ1n) is 8.16. The summed E-state index contributed by atoms with van der Waals surface area (Å²) in [7, 11) is 1.63. The zero-order valence-corrected chi connectivity index (χ0v) is 14.8. The van der Waals surface area contributed by atoms with Crippen LogP contribution in [0.3, 0.4) is 0 Å². The third-order valence-electron chi connectivity index (χ3n) is 4.25. The number of aryl methyl sites for hydroxylation is 2. The first-order chi connectivity index (χ1) is 11.6. The van der Waals surface area contributed by atoms with Gasteiger partial charge in [-0.05, 0) is 62.1 Å². The molecule has 0 amide bonds. The summed E-state index contributed by atoms with van der Waals surface area (Å²) < 4.78 is 5.27. The molecular formula is C19H22ClN3O. The normalized spacial score (nSPS) is 11.2. The number of H-pyrrole nitrogens is 1. The maximum atomic E-state index is 6.29. The fraction of sp³-hybridized carbons (Fsp3) is 0.316. The predicted molar refractivity (Wildman–Crippen MR) is 99.8 cm³/mol. The van der Waals surface area contributed by atoms with E-state index in [4.69, 9.17) is 22.1 Å². The largest absolute Gasteiger partial charge is 0.481 e. The van der Waals surface area contributed by atoms with Crippen LogP contribution in [0.15, 0.2) is 30.3 Å². The van der Waals surface area contributed by atoms with E-state index >= 15 is 0 Å². The van der Waals surface area contributed by atoms with Gasteiger partial charge in [-0.25, -0.2) is 4.98 Å². The van der Waals surface area contributed by atoms with Crippen molar-refractivity contribution in [2.24, 2.45) is 5.73 Å². The Morgan fingerprint density at radius 3 is 2.83 bits per heavy atom. The third-order valence-corrected chi connectivity index (χ3v) is 4.47. The topological polar surface area (TPSA) is 63.9 Å². The van der Waals surface area contributed by atoms with E-state index < -0.39 is 0 Å². The molecule has 0 radical (unpaired) electrons. The fourth-order valence-corrected chi connectivity index (χ4v) is 3.35. The maximum Gasteiger partial charge on any atom is 0.213 e. The van der Waals surface area contributed by atoms with Gasteiger partial charge >= 0.3 is 0 Å². The van der Waals surface area contributed by atoms with Crippen LogP contribution in [0.4, 0.5) is 0 Å². The van der Waals surface area contributed by atoms with Crippen LogP contribution in [0, 0.1) is 6.92 Å². The van der Waals surface area contributed by atoms with Gasteiger partial charge in [0.15, 0.2) is 0 Å². The van der Waals surface area contributed by atoms with Crippen molar-refractivity contribution in [2.45, 2.75) is 26.2 Å². The minimum absolute atomic E-state index is 0.605. The van der Waals surface area contributed by atoms with Crippen LogP contribution in [0.2, 0.25) is 5.02 Å². The summed E-state index contributed by atoms with van der Waals surface area (Å²) in [4.78, 5) is 8.13. The van der Waals surface area contributed by atoms with Crippen LogP contribution in [-0.2, 0) is 6.42 Å². The van der Waals surface area contributed by atoms with Crippen LogP contribution in [0.5, 0.6) is 5.88 Å². The number of unbranched alkanes of at least 4 members (excludes halogenated alkanes) is 1. The lowest BCUT2D eigenvalue weighted by Crippen LogP contribution is -1.99. The number of hydrogen-bond acceptors (Lipinski definition) is 3. The Hall–Kier alpha value is -2.04. The number of nitrogens with one attached hydrogen (secondary N) is 1. The summed E-state index contributed by atoms with van der Waals surface area (Å²) in [5.41, 5.74) is 11.1. The Kier molecular flexibility index (Phi) is 5.07. The van der Waals surface area contributed by atoms with Crippen molar-refractivity contribution in [2.75, 3.05) is 13.7 Å². The van der Waals surface area contributed by atoms with Gasteiger partial charge in [-0.3, -0.25) is 0 Å². The van der Waals surface area contributed by atoms with Gasteiger partial charge in [0.05, 0.1) is 18.5 Å². The number of ether oxygens (including phenoxy) is 1. The average molecular weight is 344 g/mol. The molecule has 3 N–H and O–H groups in total. The van der Waals surface area contributed by atoms with Crippen LogP contribution in [0.1, 0.15) is 24.0 Å². The van der Waals surface area contributed by atoms with Crippen molar-refractivity contribution in [3.05, 3.63) is 46.5 Å². The highest BCUT2D eigenvalue weighted by atomic mass is 35.5. The number of benzene rings is 1. The van der Waals surface area contributed by atoms with Gasteiger partial charge in [0.2, 0.25) is 5.88 Å². The highest BCUT2D eigenvalue weighted by Crippen LogP contribution is 2.34. The van der Waals surface area contributed by atoms with E-state index in [9.17, 15) is 0 Å². The monoisotopic (exact) mass is 343 g/mol. The third kappa shape index (κ3) is 3.25. The molecule has 0 saturated heterocycles. The minimum Gasteiger partial charge on any atom is -0.481 e. The van der Waals surface area contributed by atoms with Crippen LogP contribution >= 0.6 is 11.6 Å². The van der Waals surface area contributed by atoms with Crippen molar-refractivity contribution in [1.82, 2.24) is 9.97 Å². The molecule has 1 aromatic carbocycles. The standard InChI is InChI=1S/C19H22ClN3O/c1-12-10-13(20)11-15-14(6-3-4-9-21)19(23-18(12)15)16-7-5-8-17(22-16)24-2/h5,7-8,10-11,23H,3-4,6,9,21H2,1-2H3. The summed E-state index contributed by atoms with van der Waals surface area (Å²) in [6, 6.07) is 9.81. The van der Waals surface area contributed by atoms with Crippen molar-refractivity contribution in [1.29, 1.82) is 0 Å². The molecule has 0 bridgehead atoms. The molecule has 4 nitrogen and oxygen atoms in total. The van der Waals surface area contributed by atoms with E-state index in [1.54, 1.807) is 7.11 Å². The van der Waals surface area contributed by atoms with E-state index in [0.29, 0.717) is 12.4 Å². The predicted octanol–water partition coefficient (Wildman–Crippen LogP) is 4.48. The fourth-order valence-electron chi connectivity index (χ4n) is 3.07. The zero-order valence-electron chi connectivity index (χ0n) is 14.0. The van der Waals surface area contributed by atoms with Crippen molar-refractivity contribution in [3.8, 4) is 17.3 Å². The Balaban J connectivity index is 2.17. The van der Waals surface area contributed by atoms with Gasteiger partial charge in [0.1, 0.15) is 0 Å². The van der Waals surface area contributed by atoms with Crippen LogP contribution < -0.4 is 10.5 Å². The summed E-state index contributed by atoms with van der Waals surface area (Å²) >= 11 is 6.29. The van der Waals surface area contributed by atoms with E-state index in [-0.39, 0.29) is 0 Å². The van der Waals surface area contributed by atoms with E-state index in [0.717, 1.165) is 52.1 Å². The molecule has 24 heavy (non-hydrogen) atoms. The number of halogens is 1. The maximum absolute atomic E-state index is 6.29. The highest BCUT2D eigenvalue weighted by Gasteiger charge is 2.16. The number of nitrogens with two attached hydrogens (primary N) is 1. The molecule has 0 atom stereocenters. The molecule has 3 rings (SSSR count). The Bertz CT molecular complexity index is 857. The second-order valence-corrected chi connectivity index (χ2v) is 6.37. The lowest BCUT2D eigenvalue weighted by Gasteiger charge is -2.06. The molecule has 0 spiro atoms. The number of aromatic amines is 1. The molecule has 126 valence electrons. The number of fused-ring (bicyclic) bond motifs is 1. The Morgan fingerprint density at radius 1 is 1.25 bits per heavy atom. The zero-order chi connectivity index (χ0) is 17.1. The molecule has 5 heteroatoms. The number of rotatable bonds is 6. The van der Waals surface area contributed by atoms with E-state index in [1.165, 1.54) is 5.56 Å². The van der Waals surface area contributed by atoms with Gasteiger partial charge in [0, 0.05) is 22.0 Å². The average Bonchev–Trinajstić information content (AvgIpc) is 2.94. The number of nitrogens with zero attached hydrogens (tertiary/aromatic N) is 1. The SMILES string of the molecule is COc1cccc(-c2[nH]c3c(C)cc(Cl)cc3c2CCCCN)n1. The molecule has 2 heterocycles. The van der Waals surface area contributed by atoms with Gasteiger partial charge < -0.3 is 15.5 Å². The lowest BCUT2D eigenvalue weighted by molar-refractivity contribution is 0.398. The lowest BCUT2D eigenvalue weighted by atomic mass is 10.0. The first-order valence-corrected chi connectivity index (χ1v) is 8.54. The number of methoxy groups -OCH3 is 1. The van der Waals surface area contributed by atoms with Gasteiger partial charge in [0.25, 0.3) is 0 Å². The molecule has 0 aliphatic rings. The van der Waals surface area contributed by atoms with Gasteiger partial charge in [-0.1, -0.05) is 17.7 Å². The summed E-state index contributed by atoms with van der Waals surface area (Å²) in [5, 5.41) is 1.92. The molecule has 2 aromatic heterocycles. The molecule has 0 aliphatic carbocycles. The molecule has 0 unspecified atom stereocenters. The Labute approximate surface area is 147 Å². The van der Waals surface area contributed by atoms with E-state index in [2.05, 4.69) is 16.9 Å². The summed E-state index contributed by atoms with van der Waals surface area (Å²) in [6.45, 7) is 2.77. The van der Waals surface area contributed by atoms with Crippen molar-refractivity contribution >= 4 is 22.5 Å². The number of hydrogen-bond donors (Lipinski definition) is 2. The number of pyridine rings is 1. The summed E-state index contributed by atoms with van der Waals surface area (Å²) in [6.07, 6.45) is 2.97. The second-order valence-electron chi connectivity index (χ2n) is 5.93. The summed E-state index contributed by atoms with van der Waals surface area (Å²) in [5.74, 6) is 0.605. The van der Waals surface area contributed by atoms with Crippen LogP contribution in [0.25, 0.3) is 22.3 Å². The van der Waals surface area contributed by atoms with Crippen molar-refractivity contribution < 1.29 is 4.74 Å². The Morgan fingerprint density at radius 2 is 2.08 bits per heavy atom. The highest BCUT2D eigenvalue weighted by molar-refractivity contribution is 6.31.